The van der Waals surface area contributed by atoms with Gasteiger partial charge >= 0.3 is 0 Å². The summed E-state index contributed by atoms with van der Waals surface area (Å²) < 4.78 is 28.4. The molecule has 20 heavy (non-hydrogen) atoms. The fourth-order valence-electron chi connectivity index (χ4n) is 2.75. The van der Waals surface area contributed by atoms with Crippen LogP contribution in [0.4, 0.5) is 5.69 Å². The number of halogens is 1. The Morgan fingerprint density at radius 1 is 1.30 bits per heavy atom. The van der Waals surface area contributed by atoms with Crippen LogP contribution in [0, 0.1) is 11.8 Å². The molecule has 6 heteroatoms. The van der Waals surface area contributed by atoms with E-state index in [-0.39, 0.29) is 10.9 Å². The van der Waals surface area contributed by atoms with Crippen LogP contribution in [-0.4, -0.2) is 14.5 Å². The third-order valence-electron chi connectivity index (χ3n) is 4.26. The molecule has 0 aromatic heterocycles. The van der Waals surface area contributed by atoms with Gasteiger partial charge in [0.25, 0.3) is 0 Å². The van der Waals surface area contributed by atoms with Gasteiger partial charge in [0, 0.05) is 16.2 Å². The number of nitrogens with one attached hydrogen (secondary N) is 1. The summed E-state index contributed by atoms with van der Waals surface area (Å²) >= 11 is 3.28. The quantitative estimate of drug-likeness (QED) is 0.813. The molecule has 1 aromatic carbocycles. The lowest BCUT2D eigenvalue weighted by Crippen LogP contribution is -2.43. The standard InChI is InChI=1S/C14H21BrN2O2S/c1-9-4-3-5-13(10(9)2)17-20(18,19)14-7-6-11(16)8-12(14)15/h6-10,13,17H,3-5,16H2,1-2H3. The molecule has 3 N–H and O–H groups in total. The highest BCUT2D eigenvalue weighted by Gasteiger charge is 2.31. The minimum absolute atomic E-state index is 0.00760. The van der Waals surface area contributed by atoms with Crippen molar-refractivity contribution in [3.63, 3.8) is 0 Å². The van der Waals surface area contributed by atoms with Gasteiger partial charge in [-0.2, -0.15) is 0 Å². The predicted molar refractivity (Wildman–Crippen MR) is 84.8 cm³/mol. The summed E-state index contributed by atoms with van der Waals surface area (Å²) in [6.07, 6.45) is 3.14. The van der Waals surface area contributed by atoms with Gasteiger partial charge in [0.1, 0.15) is 0 Å². The van der Waals surface area contributed by atoms with Gasteiger partial charge in [-0.15, -0.1) is 0 Å². The highest BCUT2D eigenvalue weighted by Crippen LogP contribution is 2.31. The predicted octanol–water partition coefficient (Wildman–Crippen LogP) is 3.13. The van der Waals surface area contributed by atoms with Crippen LogP contribution in [-0.2, 0) is 10.0 Å². The molecule has 1 aliphatic carbocycles. The lowest BCUT2D eigenvalue weighted by Gasteiger charge is -2.34. The lowest BCUT2D eigenvalue weighted by atomic mass is 9.78. The molecule has 0 spiro atoms. The average molecular weight is 361 g/mol. The molecule has 0 radical (unpaired) electrons. The Balaban J connectivity index is 2.22. The maximum atomic E-state index is 12.5. The molecule has 0 heterocycles. The van der Waals surface area contributed by atoms with E-state index in [1.807, 2.05) is 0 Å². The van der Waals surface area contributed by atoms with E-state index in [1.54, 1.807) is 18.2 Å². The Labute approximate surface area is 129 Å². The molecule has 0 amide bonds. The summed E-state index contributed by atoms with van der Waals surface area (Å²) in [5, 5.41) is 0. The Bertz CT molecular complexity index is 589. The normalized spacial score (nSPS) is 27.4. The zero-order valence-electron chi connectivity index (χ0n) is 11.8. The molecule has 1 aromatic rings. The first-order valence-electron chi connectivity index (χ1n) is 6.88. The number of benzene rings is 1. The van der Waals surface area contributed by atoms with E-state index in [9.17, 15) is 8.42 Å². The first-order valence-corrected chi connectivity index (χ1v) is 9.16. The van der Waals surface area contributed by atoms with Crippen molar-refractivity contribution < 1.29 is 8.42 Å². The van der Waals surface area contributed by atoms with E-state index in [1.165, 1.54) is 6.42 Å². The second kappa shape index (κ2) is 6.03. The average Bonchev–Trinajstić information content (AvgIpc) is 2.34. The number of sulfonamides is 1. The van der Waals surface area contributed by atoms with Gasteiger partial charge in [-0.25, -0.2) is 13.1 Å². The van der Waals surface area contributed by atoms with E-state index < -0.39 is 10.0 Å². The molecule has 0 bridgehead atoms. The van der Waals surface area contributed by atoms with Crippen LogP contribution in [0.2, 0.25) is 0 Å². The highest BCUT2D eigenvalue weighted by molar-refractivity contribution is 9.10. The first-order chi connectivity index (χ1) is 9.31. The first kappa shape index (κ1) is 15.8. The Kier molecular flexibility index (Phi) is 4.76. The van der Waals surface area contributed by atoms with E-state index in [2.05, 4.69) is 34.5 Å². The van der Waals surface area contributed by atoms with Gasteiger partial charge in [-0.05, 0) is 52.4 Å². The van der Waals surface area contributed by atoms with Crippen molar-refractivity contribution >= 4 is 31.6 Å². The number of nitrogens with two attached hydrogens (primary N) is 1. The SMILES string of the molecule is CC1CCCC(NS(=O)(=O)c2ccc(N)cc2Br)C1C. The molecular formula is C14H21BrN2O2S. The molecule has 0 saturated heterocycles. The summed E-state index contributed by atoms with van der Waals surface area (Å²) in [5.74, 6) is 0.900. The minimum atomic E-state index is -3.52. The Morgan fingerprint density at radius 2 is 2.00 bits per heavy atom. The fraction of sp³-hybridized carbons (Fsp3) is 0.571. The molecule has 0 aliphatic heterocycles. The molecule has 4 nitrogen and oxygen atoms in total. The molecule has 3 unspecified atom stereocenters. The lowest BCUT2D eigenvalue weighted by molar-refractivity contribution is 0.227. The topological polar surface area (TPSA) is 72.2 Å². The zero-order chi connectivity index (χ0) is 14.9. The number of nitrogen functional groups attached to an aromatic ring is 1. The van der Waals surface area contributed by atoms with Crippen molar-refractivity contribution in [3.8, 4) is 0 Å². The summed E-state index contributed by atoms with van der Waals surface area (Å²) in [4.78, 5) is 0.247. The maximum Gasteiger partial charge on any atom is 0.241 e. The van der Waals surface area contributed by atoms with E-state index in [0.717, 1.165) is 12.8 Å². The second-order valence-electron chi connectivity index (χ2n) is 5.68. The van der Waals surface area contributed by atoms with Crippen LogP contribution in [0.5, 0.6) is 0 Å². The summed E-state index contributed by atoms with van der Waals surface area (Å²) in [7, 11) is -3.52. The highest BCUT2D eigenvalue weighted by atomic mass is 79.9. The van der Waals surface area contributed by atoms with Crippen LogP contribution in [0.15, 0.2) is 27.6 Å². The van der Waals surface area contributed by atoms with Gasteiger partial charge in [0.05, 0.1) is 4.90 Å². The molecule has 112 valence electrons. The second-order valence-corrected chi connectivity index (χ2v) is 8.22. The number of rotatable bonds is 3. The van der Waals surface area contributed by atoms with E-state index >= 15 is 0 Å². The van der Waals surface area contributed by atoms with Gasteiger partial charge in [-0.1, -0.05) is 26.7 Å². The third kappa shape index (κ3) is 3.35. The van der Waals surface area contributed by atoms with Crippen molar-refractivity contribution in [2.24, 2.45) is 11.8 Å². The van der Waals surface area contributed by atoms with Crippen LogP contribution >= 0.6 is 15.9 Å². The van der Waals surface area contributed by atoms with Gasteiger partial charge in [-0.3, -0.25) is 0 Å². The third-order valence-corrected chi connectivity index (χ3v) is 6.73. The van der Waals surface area contributed by atoms with Crippen molar-refractivity contribution in [2.45, 2.75) is 44.0 Å². The van der Waals surface area contributed by atoms with Gasteiger partial charge in [0.15, 0.2) is 0 Å². The zero-order valence-corrected chi connectivity index (χ0v) is 14.2. The number of anilines is 1. The van der Waals surface area contributed by atoms with E-state index in [0.29, 0.717) is 22.0 Å². The summed E-state index contributed by atoms with van der Waals surface area (Å²) in [5.41, 5.74) is 6.19. The monoisotopic (exact) mass is 360 g/mol. The maximum absolute atomic E-state index is 12.5. The molecular weight excluding hydrogens is 340 g/mol. The van der Waals surface area contributed by atoms with Crippen LogP contribution in [0.1, 0.15) is 33.1 Å². The minimum Gasteiger partial charge on any atom is -0.399 e. The van der Waals surface area contributed by atoms with Crippen molar-refractivity contribution in [1.29, 1.82) is 0 Å². The summed E-state index contributed by atoms with van der Waals surface area (Å²) in [6, 6.07) is 4.76. The number of hydrogen-bond donors (Lipinski definition) is 2. The summed E-state index contributed by atoms with van der Waals surface area (Å²) in [6.45, 7) is 4.30. The smallest absolute Gasteiger partial charge is 0.241 e. The Morgan fingerprint density at radius 3 is 2.65 bits per heavy atom. The van der Waals surface area contributed by atoms with Crippen LogP contribution in [0.25, 0.3) is 0 Å². The van der Waals surface area contributed by atoms with Crippen molar-refractivity contribution in [1.82, 2.24) is 4.72 Å². The fourth-order valence-corrected chi connectivity index (χ4v) is 5.20. The number of hydrogen-bond acceptors (Lipinski definition) is 3. The van der Waals surface area contributed by atoms with E-state index in [4.69, 9.17) is 5.73 Å². The molecule has 1 fully saturated rings. The molecule has 2 rings (SSSR count). The largest absolute Gasteiger partial charge is 0.399 e. The Hall–Kier alpha value is -0.590. The van der Waals surface area contributed by atoms with Crippen LogP contribution in [0.3, 0.4) is 0 Å². The molecule has 1 saturated carbocycles. The van der Waals surface area contributed by atoms with Crippen molar-refractivity contribution in [3.05, 3.63) is 22.7 Å². The van der Waals surface area contributed by atoms with Crippen molar-refractivity contribution in [2.75, 3.05) is 5.73 Å². The van der Waals surface area contributed by atoms with Gasteiger partial charge in [0.2, 0.25) is 10.0 Å². The van der Waals surface area contributed by atoms with Gasteiger partial charge < -0.3 is 5.73 Å². The molecule has 3 atom stereocenters. The van der Waals surface area contributed by atoms with Crippen LogP contribution < -0.4 is 10.5 Å². The molecule has 1 aliphatic rings.